The Morgan fingerprint density at radius 1 is 1.57 bits per heavy atom. The summed E-state index contributed by atoms with van der Waals surface area (Å²) in [5.41, 5.74) is -0.432. The molecule has 0 aromatic carbocycles. The third-order valence-electron chi connectivity index (χ3n) is 3.21. The average molecular weight is 297 g/mol. The van der Waals surface area contributed by atoms with Gasteiger partial charge in [0.25, 0.3) is 0 Å². The first-order valence-corrected chi connectivity index (χ1v) is 6.68. The lowest BCUT2D eigenvalue weighted by Gasteiger charge is -2.47. The predicted octanol–water partition coefficient (Wildman–Crippen LogP) is 0.487. The highest BCUT2D eigenvalue weighted by atomic mass is 16.5. The molecule has 1 amide bonds. The van der Waals surface area contributed by atoms with E-state index in [2.05, 4.69) is 10.5 Å². The lowest BCUT2D eigenvalue weighted by molar-refractivity contribution is -0.164. The number of anilines is 1. The molecule has 0 bridgehead atoms. The minimum atomic E-state index is -0.975. The Kier molecular flexibility index (Phi) is 4.59. The van der Waals surface area contributed by atoms with E-state index in [1.54, 1.807) is 13.0 Å². The van der Waals surface area contributed by atoms with Crippen LogP contribution in [0.25, 0.3) is 0 Å². The summed E-state index contributed by atoms with van der Waals surface area (Å²) >= 11 is 0. The maximum absolute atomic E-state index is 11.7. The number of ether oxygens (including phenoxy) is 1. The second-order valence-electron chi connectivity index (χ2n) is 5.46. The minimum absolute atomic E-state index is 0.136. The number of carbonyl (C=O) groups is 2. The number of hydrogen-bond donors (Lipinski definition) is 2. The van der Waals surface area contributed by atoms with Crippen LogP contribution in [0.1, 0.15) is 19.1 Å². The molecule has 0 radical (unpaired) electrons. The normalized spacial score (nSPS) is 17.2. The van der Waals surface area contributed by atoms with Gasteiger partial charge in [-0.2, -0.15) is 0 Å². The number of aromatic nitrogens is 1. The van der Waals surface area contributed by atoms with Crippen molar-refractivity contribution in [1.82, 2.24) is 10.1 Å². The molecule has 1 aliphatic heterocycles. The number of nitrogens with zero attached hydrogens (tertiary/aromatic N) is 2. The molecule has 1 saturated heterocycles. The van der Waals surface area contributed by atoms with E-state index in [-0.39, 0.29) is 12.5 Å². The first kappa shape index (κ1) is 15.5. The van der Waals surface area contributed by atoms with E-state index in [1.807, 2.05) is 11.8 Å². The molecule has 0 saturated carbocycles. The zero-order valence-corrected chi connectivity index (χ0v) is 12.1. The molecule has 0 aliphatic carbocycles. The zero-order chi connectivity index (χ0) is 15.5. The van der Waals surface area contributed by atoms with E-state index in [1.165, 1.54) is 0 Å². The van der Waals surface area contributed by atoms with E-state index >= 15 is 0 Å². The Bertz CT molecular complexity index is 522. The fourth-order valence-corrected chi connectivity index (χ4v) is 2.28. The van der Waals surface area contributed by atoms with Gasteiger partial charge in [0.05, 0.1) is 5.60 Å². The van der Waals surface area contributed by atoms with E-state index < -0.39 is 11.6 Å². The second kappa shape index (κ2) is 6.23. The van der Waals surface area contributed by atoms with Gasteiger partial charge in [0.1, 0.15) is 12.4 Å². The number of amides is 1. The van der Waals surface area contributed by atoms with Crippen molar-refractivity contribution in [3.05, 3.63) is 11.8 Å². The Labute approximate surface area is 122 Å². The van der Waals surface area contributed by atoms with Crippen molar-refractivity contribution >= 4 is 17.7 Å². The fourth-order valence-electron chi connectivity index (χ4n) is 2.28. The van der Waals surface area contributed by atoms with Crippen LogP contribution in [0.5, 0.6) is 0 Å². The number of likely N-dealkylation sites (tertiary alicyclic amines) is 1. The number of carboxylic acids is 1. The van der Waals surface area contributed by atoms with Crippen LogP contribution in [0.15, 0.2) is 10.6 Å². The molecule has 1 aromatic rings. The molecule has 116 valence electrons. The Balaban J connectivity index is 1.64. The van der Waals surface area contributed by atoms with Crippen LogP contribution in [0, 0.1) is 6.92 Å². The number of carbonyl (C=O) groups excluding carboxylic acids is 1. The zero-order valence-electron chi connectivity index (χ0n) is 12.1. The molecule has 8 nitrogen and oxygen atoms in total. The molecule has 1 aliphatic rings. The lowest BCUT2D eigenvalue weighted by Crippen LogP contribution is -2.61. The smallest absolute Gasteiger partial charge is 0.329 e. The number of carboxylic acid groups (broad SMARTS) is 1. The molecular formula is C13H19N3O5. The Morgan fingerprint density at radius 3 is 2.86 bits per heavy atom. The van der Waals surface area contributed by atoms with Gasteiger partial charge in [0, 0.05) is 32.1 Å². The SMILES string of the molecule is Cc1cc(NC(=O)CCN2CC(C)(OCC(=O)O)C2)no1. The Hall–Kier alpha value is -1.93. The minimum Gasteiger partial charge on any atom is -0.480 e. The van der Waals surface area contributed by atoms with Crippen LogP contribution < -0.4 is 5.32 Å². The molecule has 0 spiro atoms. The molecule has 2 rings (SSSR count). The summed E-state index contributed by atoms with van der Waals surface area (Å²) in [6.45, 7) is 5.16. The van der Waals surface area contributed by atoms with Gasteiger partial charge in [-0.15, -0.1) is 0 Å². The summed E-state index contributed by atoms with van der Waals surface area (Å²) in [6, 6.07) is 1.65. The van der Waals surface area contributed by atoms with E-state index in [0.29, 0.717) is 37.6 Å². The van der Waals surface area contributed by atoms with Crippen molar-refractivity contribution in [2.24, 2.45) is 0 Å². The molecule has 21 heavy (non-hydrogen) atoms. The van der Waals surface area contributed by atoms with Crippen molar-refractivity contribution in [2.75, 3.05) is 31.6 Å². The van der Waals surface area contributed by atoms with Gasteiger partial charge < -0.3 is 19.7 Å². The molecule has 0 unspecified atom stereocenters. The van der Waals surface area contributed by atoms with Gasteiger partial charge >= 0.3 is 5.97 Å². The predicted molar refractivity (Wildman–Crippen MR) is 72.9 cm³/mol. The molecule has 0 atom stereocenters. The quantitative estimate of drug-likeness (QED) is 0.754. The number of aliphatic carboxylic acids is 1. The first-order chi connectivity index (χ1) is 9.86. The van der Waals surface area contributed by atoms with Crippen molar-refractivity contribution < 1.29 is 24.0 Å². The maximum Gasteiger partial charge on any atom is 0.329 e. The topological polar surface area (TPSA) is 105 Å². The van der Waals surface area contributed by atoms with Crippen molar-refractivity contribution in [3.63, 3.8) is 0 Å². The highest BCUT2D eigenvalue weighted by Gasteiger charge is 2.39. The average Bonchev–Trinajstić information content (AvgIpc) is 2.76. The monoisotopic (exact) mass is 297 g/mol. The standard InChI is InChI=1S/C13H19N3O5/c1-9-5-10(15-21-9)14-11(17)3-4-16-7-13(2,8-16)20-6-12(18)19/h5H,3-4,6-8H2,1-2H3,(H,18,19)(H,14,15,17). The number of rotatable bonds is 7. The Morgan fingerprint density at radius 2 is 2.29 bits per heavy atom. The highest BCUT2D eigenvalue weighted by molar-refractivity contribution is 5.89. The van der Waals surface area contributed by atoms with Crippen LogP contribution in [-0.4, -0.2) is 58.9 Å². The van der Waals surface area contributed by atoms with Crippen LogP contribution in [0.2, 0.25) is 0 Å². The first-order valence-electron chi connectivity index (χ1n) is 6.68. The summed E-state index contributed by atoms with van der Waals surface area (Å²) in [5, 5.41) is 14.9. The van der Waals surface area contributed by atoms with Crippen LogP contribution in [0.3, 0.4) is 0 Å². The van der Waals surface area contributed by atoms with Crippen molar-refractivity contribution in [3.8, 4) is 0 Å². The molecule has 2 heterocycles. The lowest BCUT2D eigenvalue weighted by atomic mass is 9.96. The summed E-state index contributed by atoms with van der Waals surface area (Å²) in [6.07, 6.45) is 0.334. The summed E-state index contributed by atoms with van der Waals surface area (Å²) in [7, 11) is 0. The number of hydrogen-bond acceptors (Lipinski definition) is 6. The summed E-state index contributed by atoms with van der Waals surface area (Å²) < 4.78 is 10.2. The molecular weight excluding hydrogens is 278 g/mol. The largest absolute Gasteiger partial charge is 0.480 e. The molecule has 8 heteroatoms. The van der Waals surface area contributed by atoms with Crippen LogP contribution in [0.4, 0.5) is 5.82 Å². The van der Waals surface area contributed by atoms with Gasteiger partial charge in [0.2, 0.25) is 5.91 Å². The molecule has 2 N–H and O–H groups in total. The van der Waals surface area contributed by atoms with Gasteiger partial charge in [-0.05, 0) is 13.8 Å². The second-order valence-corrected chi connectivity index (χ2v) is 5.46. The number of nitrogens with one attached hydrogen (secondary N) is 1. The highest BCUT2D eigenvalue weighted by Crippen LogP contribution is 2.24. The fraction of sp³-hybridized carbons (Fsp3) is 0.615. The van der Waals surface area contributed by atoms with Gasteiger partial charge in [-0.25, -0.2) is 4.79 Å². The summed E-state index contributed by atoms with van der Waals surface area (Å²) in [5.74, 6) is -0.0598. The van der Waals surface area contributed by atoms with E-state index in [9.17, 15) is 9.59 Å². The van der Waals surface area contributed by atoms with Crippen molar-refractivity contribution in [2.45, 2.75) is 25.9 Å². The molecule has 1 aromatic heterocycles. The van der Waals surface area contributed by atoms with Gasteiger partial charge in [-0.3, -0.25) is 9.69 Å². The van der Waals surface area contributed by atoms with Crippen LogP contribution in [-0.2, 0) is 14.3 Å². The van der Waals surface area contributed by atoms with Gasteiger partial charge in [-0.1, -0.05) is 5.16 Å². The van der Waals surface area contributed by atoms with Crippen molar-refractivity contribution in [1.29, 1.82) is 0 Å². The third kappa shape index (κ3) is 4.54. The number of aryl methyl sites for hydroxylation is 1. The van der Waals surface area contributed by atoms with Crippen LogP contribution >= 0.6 is 0 Å². The van der Waals surface area contributed by atoms with Gasteiger partial charge in [0.15, 0.2) is 5.82 Å². The van der Waals surface area contributed by atoms with E-state index in [0.717, 1.165) is 0 Å². The molecule has 1 fully saturated rings. The summed E-state index contributed by atoms with van der Waals surface area (Å²) in [4.78, 5) is 24.2. The van der Waals surface area contributed by atoms with E-state index in [4.69, 9.17) is 14.4 Å². The third-order valence-corrected chi connectivity index (χ3v) is 3.21. The maximum atomic E-state index is 11.7.